The minimum absolute atomic E-state index is 0. The van der Waals surface area contributed by atoms with Crippen LogP contribution in [-0.2, 0) is 26.5 Å². The third-order valence-electron chi connectivity index (χ3n) is 7.58. The van der Waals surface area contributed by atoms with Crippen LogP contribution in [0.2, 0.25) is 0 Å². The van der Waals surface area contributed by atoms with E-state index in [2.05, 4.69) is 82.9 Å². The van der Waals surface area contributed by atoms with Crippen LogP contribution in [0.15, 0.2) is 89.6 Å². The smallest absolute Gasteiger partial charge is 0.138 e. The molecule has 0 saturated heterocycles. The molecule has 0 unspecified atom stereocenters. The second-order valence-corrected chi connectivity index (χ2v) is 13.2. The van der Waals surface area contributed by atoms with Gasteiger partial charge in [-0.25, -0.2) is 0 Å². The van der Waals surface area contributed by atoms with E-state index in [1.54, 1.807) is 6.20 Å². The van der Waals surface area contributed by atoms with Crippen LogP contribution in [0.25, 0.3) is 54.5 Å². The molecule has 0 saturated carbocycles. The van der Waals surface area contributed by atoms with Gasteiger partial charge >= 0.3 is 0 Å². The quantitative estimate of drug-likeness (QED) is 0.169. The summed E-state index contributed by atoms with van der Waals surface area (Å²) in [5, 5.41) is 3.58. The summed E-state index contributed by atoms with van der Waals surface area (Å²) in [6.07, 6.45) is 4.78. The van der Waals surface area contributed by atoms with E-state index in [0.29, 0.717) is 0 Å². The van der Waals surface area contributed by atoms with Gasteiger partial charge in [0.15, 0.2) is 0 Å². The van der Waals surface area contributed by atoms with Crippen molar-refractivity contribution in [2.24, 2.45) is 5.41 Å². The number of thiophene rings is 1. The maximum atomic E-state index is 6.53. The summed E-state index contributed by atoms with van der Waals surface area (Å²) in [6.45, 7) is 13.3. The summed E-state index contributed by atoms with van der Waals surface area (Å²) in [6, 6.07) is 31.0. The van der Waals surface area contributed by atoms with Gasteiger partial charge in [-0.05, 0) is 66.6 Å². The van der Waals surface area contributed by atoms with Gasteiger partial charge in [0.25, 0.3) is 0 Å². The van der Waals surface area contributed by atoms with Gasteiger partial charge < -0.3 is 14.4 Å². The van der Waals surface area contributed by atoms with E-state index < -0.39 is 0 Å². The zero-order chi connectivity index (χ0) is 29.4. The number of furan rings is 1. The first-order valence-electron chi connectivity index (χ1n) is 14.3. The molecule has 0 fully saturated rings. The predicted molar refractivity (Wildman–Crippen MR) is 177 cm³/mol. The van der Waals surface area contributed by atoms with Gasteiger partial charge in [-0.15, -0.1) is 65.4 Å². The Hall–Kier alpha value is -3.63. The summed E-state index contributed by atoms with van der Waals surface area (Å²) in [5.74, 6) is 0. The predicted octanol–water partition coefficient (Wildman–Crippen LogP) is 10.7. The first-order chi connectivity index (χ1) is 20.2. The molecule has 43 heavy (non-hydrogen) atoms. The fourth-order valence-corrected chi connectivity index (χ4v) is 6.47. The van der Waals surface area contributed by atoms with Gasteiger partial charge in [-0.1, -0.05) is 67.6 Å². The topological polar surface area (TPSA) is 38.9 Å². The Bertz CT molecular complexity index is 1980. The molecule has 4 heterocycles. The van der Waals surface area contributed by atoms with Crippen LogP contribution >= 0.6 is 11.3 Å². The number of nitrogens with zero attached hydrogens (tertiary/aromatic N) is 2. The second-order valence-electron chi connectivity index (χ2n) is 12.0. The molecule has 7 rings (SSSR count). The number of hydrogen-bond donors (Lipinski definition) is 0. The van der Waals surface area contributed by atoms with Gasteiger partial charge in [-0.3, -0.25) is 0 Å². The normalized spacial score (nSPS) is 11.4. The molecule has 7 aromatic rings. The minimum atomic E-state index is 0. The molecule has 0 N–H and O–H groups in total. The molecule has 0 amide bonds. The summed E-state index contributed by atoms with van der Waals surface area (Å²) in [5.41, 5.74) is 9.87. The van der Waals surface area contributed by atoms with Crippen LogP contribution in [0.4, 0.5) is 0 Å². The Balaban J connectivity index is 0.000000238. The number of aryl methyl sites for hydroxylation is 3. The molecule has 0 aliphatic heterocycles. The first kappa shape index (κ1) is 30.8. The van der Waals surface area contributed by atoms with Gasteiger partial charge in [-0.2, -0.15) is 0 Å². The van der Waals surface area contributed by atoms with E-state index in [0.717, 1.165) is 50.9 Å². The van der Waals surface area contributed by atoms with Crippen molar-refractivity contribution in [3.63, 3.8) is 0 Å². The van der Waals surface area contributed by atoms with Gasteiger partial charge in [0.2, 0.25) is 0 Å². The molecule has 219 valence electrons. The van der Waals surface area contributed by atoms with Crippen molar-refractivity contribution in [3.05, 3.63) is 119 Å². The molecule has 3 aromatic carbocycles. The van der Waals surface area contributed by atoms with Gasteiger partial charge in [0.05, 0.1) is 10.3 Å². The van der Waals surface area contributed by atoms with E-state index in [-0.39, 0.29) is 25.5 Å². The van der Waals surface area contributed by atoms with E-state index in [9.17, 15) is 0 Å². The third-order valence-corrected chi connectivity index (χ3v) is 8.81. The standard InChI is InChI=1S/C27H26NOS.C11H8N.Ir/c1-15-14-28-23(12-18(15)13-27(4,5)6)22-9-7-8-20-21-11-10-19-16(2)17(3)30-26(19)25(21)29-24(20)22;1-2-6-10(7-3-1)11-8-4-5-9-12-11;/h7-8,10-12,14H,13H2,1-6H3;1-6,8-9H;/q2*-1;. The van der Waals surface area contributed by atoms with Crippen LogP contribution in [0.3, 0.4) is 0 Å². The van der Waals surface area contributed by atoms with E-state index in [1.165, 1.54) is 31.7 Å². The maximum Gasteiger partial charge on any atom is 0.138 e. The SMILES string of the molecule is Cc1cnc(-c2[c-]ccc3c2oc2c3ccc3c(C)c(C)sc32)cc1CC(C)(C)C.[Ir].[c-]1ccccc1-c1ccccn1. The first-order valence-corrected chi connectivity index (χ1v) is 15.1. The van der Waals surface area contributed by atoms with Crippen LogP contribution in [0, 0.1) is 38.3 Å². The molecule has 0 spiro atoms. The van der Waals surface area contributed by atoms with Gasteiger partial charge in [0.1, 0.15) is 5.58 Å². The summed E-state index contributed by atoms with van der Waals surface area (Å²) < 4.78 is 7.76. The summed E-state index contributed by atoms with van der Waals surface area (Å²) >= 11 is 1.82. The maximum absolute atomic E-state index is 6.53. The van der Waals surface area contributed by atoms with Crippen LogP contribution in [0.1, 0.15) is 42.3 Å². The van der Waals surface area contributed by atoms with Crippen LogP contribution in [-0.4, -0.2) is 9.97 Å². The molecule has 0 atom stereocenters. The average molecular weight is 759 g/mol. The number of benzene rings is 3. The number of pyridine rings is 2. The zero-order valence-corrected chi connectivity index (χ0v) is 28.5. The molecular weight excluding hydrogens is 725 g/mol. The minimum Gasteiger partial charge on any atom is -0.499 e. The Morgan fingerprint density at radius 3 is 2.28 bits per heavy atom. The van der Waals surface area contributed by atoms with Crippen LogP contribution in [0.5, 0.6) is 0 Å². The monoisotopic (exact) mass is 759 g/mol. The fourth-order valence-electron chi connectivity index (χ4n) is 5.33. The summed E-state index contributed by atoms with van der Waals surface area (Å²) in [7, 11) is 0. The van der Waals surface area contributed by atoms with Crippen molar-refractivity contribution in [2.75, 3.05) is 0 Å². The number of fused-ring (bicyclic) bond motifs is 5. The molecule has 0 bridgehead atoms. The second kappa shape index (κ2) is 12.5. The van der Waals surface area contributed by atoms with E-state index >= 15 is 0 Å². The summed E-state index contributed by atoms with van der Waals surface area (Å²) in [4.78, 5) is 10.3. The number of hydrogen-bond acceptors (Lipinski definition) is 4. The van der Waals surface area contributed by atoms with Crippen molar-refractivity contribution in [1.29, 1.82) is 0 Å². The Labute approximate surface area is 271 Å². The molecule has 0 aliphatic rings. The molecule has 4 aromatic heterocycles. The molecular formula is C38H34IrN2OS-2. The van der Waals surface area contributed by atoms with Crippen molar-refractivity contribution in [2.45, 2.75) is 48.0 Å². The van der Waals surface area contributed by atoms with Crippen molar-refractivity contribution < 1.29 is 24.5 Å². The molecule has 0 aliphatic carbocycles. The van der Waals surface area contributed by atoms with Gasteiger partial charge in [0, 0.05) is 42.8 Å². The van der Waals surface area contributed by atoms with Crippen molar-refractivity contribution in [3.8, 4) is 22.5 Å². The Morgan fingerprint density at radius 1 is 0.791 bits per heavy atom. The van der Waals surface area contributed by atoms with Crippen molar-refractivity contribution >= 4 is 43.4 Å². The Morgan fingerprint density at radius 2 is 1.56 bits per heavy atom. The number of rotatable bonds is 3. The van der Waals surface area contributed by atoms with E-state index in [1.807, 2.05) is 66.1 Å². The van der Waals surface area contributed by atoms with Crippen molar-refractivity contribution in [1.82, 2.24) is 9.97 Å². The fraction of sp³-hybridized carbons (Fsp3) is 0.211. The van der Waals surface area contributed by atoms with Crippen LogP contribution < -0.4 is 0 Å². The molecule has 5 heteroatoms. The number of aromatic nitrogens is 2. The largest absolute Gasteiger partial charge is 0.499 e. The molecule has 3 nitrogen and oxygen atoms in total. The molecule has 1 radical (unpaired) electrons. The third kappa shape index (κ3) is 6.35. The average Bonchev–Trinajstić information content (AvgIpc) is 3.52. The Kier molecular flexibility index (Phi) is 8.99. The van der Waals surface area contributed by atoms with E-state index in [4.69, 9.17) is 9.40 Å². The zero-order valence-electron chi connectivity index (χ0n) is 25.3.